The van der Waals surface area contributed by atoms with Crippen LogP contribution >= 0.6 is 22.9 Å². The zero-order chi connectivity index (χ0) is 20.0. The van der Waals surface area contributed by atoms with Gasteiger partial charge in [0.15, 0.2) is 0 Å². The first-order valence-electron chi connectivity index (χ1n) is 9.63. The van der Waals surface area contributed by atoms with Gasteiger partial charge in [-0.05, 0) is 54.5 Å². The molecule has 0 amide bonds. The molecule has 29 heavy (non-hydrogen) atoms. The Morgan fingerprint density at radius 1 is 1.14 bits per heavy atom. The lowest BCUT2D eigenvalue weighted by molar-refractivity contribution is 0.595. The maximum atomic E-state index is 14.2. The lowest BCUT2D eigenvalue weighted by Gasteiger charge is -2.16. The van der Waals surface area contributed by atoms with Gasteiger partial charge in [0, 0.05) is 21.5 Å². The molecule has 4 aromatic rings. The van der Waals surface area contributed by atoms with Crippen LogP contribution in [0.1, 0.15) is 29.5 Å². The number of aryl methyl sites for hydroxylation is 2. The number of rotatable bonds is 3. The Hall–Kier alpha value is -2.50. The number of hydrogen-bond acceptors (Lipinski definition) is 3. The molecule has 3 nitrogen and oxygen atoms in total. The monoisotopic (exact) mass is 424 g/mol. The summed E-state index contributed by atoms with van der Waals surface area (Å²) in [5.74, 6) is -0.426. The number of halogens is 2. The second-order valence-electron chi connectivity index (χ2n) is 7.40. The number of benzene rings is 2. The highest BCUT2D eigenvalue weighted by Gasteiger charge is 2.17. The van der Waals surface area contributed by atoms with Gasteiger partial charge in [-0.2, -0.15) is 0 Å². The molecule has 5 rings (SSSR count). The van der Waals surface area contributed by atoms with E-state index in [9.17, 15) is 9.18 Å². The van der Waals surface area contributed by atoms with Crippen molar-refractivity contribution in [2.45, 2.75) is 32.2 Å². The summed E-state index contributed by atoms with van der Waals surface area (Å²) >= 11 is 7.61. The minimum Gasteiger partial charge on any atom is -0.294 e. The molecule has 0 fully saturated rings. The van der Waals surface area contributed by atoms with E-state index in [1.54, 1.807) is 12.1 Å². The molecule has 0 radical (unpaired) electrons. The summed E-state index contributed by atoms with van der Waals surface area (Å²) in [4.78, 5) is 18.4. The van der Waals surface area contributed by atoms with E-state index in [4.69, 9.17) is 11.6 Å². The Bertz CT molecular complexity index is 1270. The van der Waals surface area contributed by atoms with Crippen LogP contribution in [-0.2, 0) is 19.4 Å². The van der Waals surface area contributed by atoms with Gasteiger partial charge < -0.3 is 0 Å². The van der Waals surface area contributed by atoms with E-state index in [2.05, 4.69) is 23.2 Å². The zero-order valence-electron chi connectivity index (χ0n) is 15.6. The standard InChI is InChI=1S/C23H18ClFN2OS/c24-19-6-3-7-20(25)17(19)11-27-13-26-22-21(23(27)28)18(12-29-22)16-9-8-14-4-1-2-5-15(14)10-16/h3,6-10,12-13H,1-2,4-5,11H2. The van der Waals surface area contributed by atoms with Crippen molar-refractivity contribution >= 4 is 33.2 Å². The molecule has 1 aliphatic carbocycles. The first-order chi connectivity index (χ1) is 14.1. The Morgan fingerprint density at radius 2 is 1.97 bits per heavy atom. The number of hydrogen-bond donors (Lipinski definition) is 0. The number of nitrogens with zero attached hydrogens (tertiary/aromatic N) is 2. The predicted octanol–water partition coefficient (Wildman–Crippen LogP) is 5.84. The minimum atomic E-state index is -0.426. The number of fused-ring (bicyclic) bond motifs is 2. The molecule has 146 valence electrons. The van der Waals surface area contributed by atoms with Crippen LogP contribution in [0.4, 0.5) is 4.39 Å². The second-order valence-corrected chi connectivity index (χ2v) is 8.66. The van der Waals surface area contributed by atoms with Crippen molar-refractivity contribution in [3.8, 4) is 11.1 Å². The van der Waals surface area contributed by atoms with Gasteiger partial charge in [0.1, 0.15) is 10.6 Å². The van der Waals surface area contributed by atoms with Crippen molar-refractivity contribution in [1.29, 1.82) is 0 Å². The third-order valence-electron chi connectivity index (χ3n) is 5.61. The Balaban J connectivity index is 1.62. The molecule has 0 spiro atoms. The SMILES string of the molecule is O=c1c2c(-c3ccc4c(c3)CCCC4)csc2ncn1Cc1c(F)cccc1Cl. The lowest BCUT2D eigenvalue weighted by Crippen LogP contribution is -2.21. The predicted molar refractivity (Wildman–Crippen MR) is 116 cm³/mol. The Labute approximate surface area is 176 Å². The van der Waals surface area contributed by atoms with Gasteiger partial charge in [0.05, 0.1) is 18.3 Å². The van der Waals surface area contributed by atoms with Crippen LogP contribution in [0.3, 0.4) is 0 Å². The summed E-state index contributed by atoms with van der Waals surface area (Å²) in [5.41, 5.74) is 4.83. The molecule has 2 heterocycles. The maximum absolute atomic E-state index is 14.2. The molecule has 0 atom stereocenters. The third-order valence-corrected chi connectivity index (χ3v) is 6.85. The molecular formula is C23H18ClFN2OS. The van der Waals surface area contributed by atoms with Gasteiger partial charge in [0.25, 0.3) is 5.56 Å². The summed E-state index contributed by atoms with van der Waals surface area (Å²) in [6.07, 6.45) is 6.12. The van der Waals surface area contributed by atoms with E-state index in [0.29, 0.717) is 20.8 Å². The van der Waals surface area contributed by atoms with Crippen molar-refractivity contribution < 1.29 is 4.39 Å². The van der Waals surface area contributed by atoms with Crippen molar-refractivity contribution in [2.24, 2.45) is 0 Å². The molecule has 0 saturated heterocycles. The third kappa shape index (κ3) is 3.28. The van der Waals surface area contributed by atoms with Crippen molar-refractivity contribution in [2.75, 3.05) is 0 Å². The smallest absolute Gasteiger partial charge is 0.263 e. The average Bonchev–Trinajstić information content (AvgIpc) is 3.17. The van der Waals surface area contributed by atoms with Gasteiger partial charge >= 0.3 is 0 Å². The van der Waals surface area contributed by atoms with Crippen LogP contribution in [0.15, 0.2) is 52.9 Å². The van der Waals surface area contributed by atoms with E-state index < -0.39 is 5.82 Å². The highest BCUT2D eigenvalue weighted by atomic mass is 35.5. The van der Waals surface area contributed by atoms with Gasteiger partial charge in [-0.25, -0.2) is 9.37 Å². The normalized spacial score (nSPS) is 13.6. The quantitative estimate of drug-likeness (QED) is 0.413. The lowest BCUT2D eigenvalue weighted by atomic mass is 9.89. The summed E-state index contributed by atoms with van der Waals surface area (Å²) in [7, 11) is 0. The Kier molecular flexibility index (Phi) is 4.72. The molecule has 0 bridgehead atoms. The summed E-state index contributed by atoms with van der Waals surface area (Å²) in [5, 5.41) is 2.88. The maximum Gasteiger partial charge on any atom is 0.263 e. The largest absolute Gasteiger partial charge is 0.294 e. The average molecular weight is 425 g/mol. The second kappa shape index (κ2) is 7.39. The van der Waals surface area contributed by atoms with E-state index >= 15 is 0 Å². The van der Waals surface area contributed by atoms with Gasteiger partial charge in [-0.15, -0.1) is 11.3 Å². The summed E-state index contributed by atoms with van der Waals surface area (Å²) in [6.45, 7) is 0.0484. The molecule has 2 aromatic heterocycles. The molecule has 0 saturated carbocycles. The highest BCUT2D eigenvalue weighted by molar-refractivity contribution is 7.17. The van der Waals surface area contributed by atoms with E-state index in [-0.39, 0.29) is 12.1 Å². The van der Waals surface area contributed by atoms with Crippen molar-refractivity contribution in [3.05, 3.63) is 86.0 Å². The number of aromatic nitrogens is 2. The van der Waals surface area contributed by atoms with Crippen molar-refractivity contribution in [3.63, 3.8) is 0 Å². The van der Waals surface area contributed by atoms with Crippen LogP contribution in [-0.4, -0.2) is 9.55 Å². The molecule has 2 aromatic carbocycles. The van der Waals surface area contributed by atoms with E-state index in [1.165, 1.54) is 52.3 Å². The molecular weight excluding hydrogens is 407 g/mol. The highest BCUT2D eigenvalue weighted by Crippen LogP contribution is 2.33. The van der Waals surface area contributed by atoms with Crippen LogP contribution in [0.2, 0.25) is 5.02 Å². The van der Waals surface area contributed by atoms with Gasteiger partial charge in [-0.1, -0.05) is 35.9 Å². The van der Waals surface area contributed by atoms with Crippen LogP contribution in [0.25, 0.3) is 21.3 Å². The first-order valence-corrected chi connectivity index (χ1v) is 10.9. The first kappa shape index (κ1) is 18.5. The zero-order valence-corrected chi connectivity index (χ0v) is 17.2. The molecule has 6 heteroatoms. The topological polar surface area (TPSA) is 34.9 Å². The number of thiophene rings is 1. The van der Waals surface area contributed by atoms with Crippen molar-refractivity contribution in [1.82, 2.24) is 9.55 Å². The summed E-state index contributed by atoms with van der Waals surface area (Å²) < 4.78 is 15.6. The molecule has 0 unspecified atom stereocenters. The Morgan fingerprint density at radius 3 is 2.79 bits per heavy atom. The van der Waals surface area contributed by atoms with Crippen LogP contribution < -0.4 is 5.56 Å². The van der Waals surface area contributed by atoms with Gasteiger partial charge in [0.2, 0.25) is 0 Å². The van der Waals surface area contributed by atoms with Gasteiger partial charge in [-0.3, -0.25) is 9.36 Å². The molecule has 0 N–H and O–H groups in total. The fourth-order valence-corrected chi connectivity index (χ4v) is 5.18. The summed E-state index contributed by atoms with van der Waals surface area (Å²) in [6, 6.07) is 11.0. The molecule has 1 aliphatic rings. The van der Waals surface area contributed by atoms with E-state index in [0.717, 1.165) is 24.0 Å². The fraction of sp³-hybridized carbons (Fsp3) is 0.217. The minimum absolute atomic E-state index is 0.0484. The van der Waals surface area contributed by atoms with Crippen LogP contribution in [0, 0.1) is 5.82 Å². The van der Waals surface area contributed by atoms with E-state index in [1.807, 2.05) is 5.38 Å². The van der Waals surface area contributed by atoms with Crippen LogP contribution in [0.5, 0.6) is 0 Å². The fourth-order valence-electron chi connectivity index (χ4n) is 4.05. The molecule has 0 aliphatic heterocycles.